The highest BCUT2D eigenvalue weighted by atomic mass is 16.6. The number of carbonyl (C=O) groups excluding carboxylic acids is 1. The van der Waals surface area contributed by atoms with Gasteiger partial charge >= 0.3 is 5.97 Å². The van der Waals surface area contributed by atoms with E-state index in [2.05, 4.69) is 5.16 Å². The van der Waals surface area contributed by atoms with Gasteiger partial charge in [-0.15, -0.1) is 0 Å². The molecule has 0 radical (unpaired) electrons. The van der Waals surface area contributed by atoms with Crippen LogP contribution in [0.5, 0.6) is 11.5 Å². The molecular formula is C21H23NO4. The van der Waals surface area contributed by atoms with Crippen molar-refractivity contribution in [2.45, 2.75) is 20.5 Å². The fourth-order valence-electron chi connectivity index (χ4n) is 3.10. The molecule has 136 valence electrons. The van der Waals surface area contributed by atoms with Crippen LogP contribution < -0.4 is 4.74 Å². The minimum Gasteiger partial charge on any atom is -0.461 e. The Balaban J connectivity index is 1.57. The van der Waals surface area contributed by atoms with Crippen LogP contribution in [-0.4, -0.2) is 19.3 Å². The normalized spacial score (nSPS) is 20.6. The molecule has 3 rings (SSSR count). The summed E-state index contributed by atoms with van der Waals surface area (Å²) in [4.78, 5) is 17.1. The van der Waals surface area contributed by atoms with Gasteiger partial charge < -0.3 is 14.3 Å². The first-order chi connectivity index (χ1) is 12.5. The van der Waals surface area contributed by atoms with Crippen molar-refractivity contribution in [3.63, 3.8) is 0 Å². The van der Waals surface area contributed by atoms with Crippen LogP contribution in [0.4, 0.5) is 0 Å². The first kappa shape index (κ1) is 18.0. The first-order valence-corrected chi connectivity index (χ1v) is 8.57. The van der Waals surface area contributed by atoms with E-state index in [-0.39, 0.29) is 29.8 Å². The number of ether oxygens (including phenoxy) is 2. The van der Waals surface area contributed by atoms with E-state index in [0.717, 1.165) is 11.3 Å². The summed E-state index contributed by atoms with van der Waals surface area (Å²) in [6.45, 7) is 4.27. The summed E-state index contributed by atoms with van der Waals surface area (Å²) in [7, 11) is 1.49. The SMILES string of the molecule is CO/N=C/C1C(C(=O)OCc2cccc(Oc3ccccc3)c2)C1(C)C. The van der Waals surface area contributed by atoms with Gasteiger partial charge in [0.1, 0.15) is 25.2 Å². The summed E-state index contributed by atoms with van der Waals surface area (Å²) < 4.78 is 11.3. The largest absolute Gasteiger partial charge is 0.461 e. The van der Waals surface area contributed by atoms with Gasteiger partial charge in [0.05, 0.1) is 5.92 Å². The van der Waals surface area contributed by atoms with Crippen LogP contribution in [0.2, 0.25) is 0 Å². The third-order valence-corrected chi connectivity index (χ3v) is 4.75. The molecule has 2 aromatic rings. The van der Waals surface area contributed by atoms with E-state index in [9.17, 15) is 4.79 Å². The molecule has 0 aromatic heterocycles. The van der Waals surface area contributed by atoms with Crippen LogP contribution in [0.25, 0.3) is 0 Å². The Bertz CT molecular complexity index is 786. The summed E-state index contributed by atoms with van der Waals surface area (Å²) in [5.74, 6) is 1.12. The smallest absolute Gasteiger partial charge is 0.310 e. The lowest BCUT2D eigenvalue weighted by Crippen LogP contribution is -2.10. The summed E-state index contributed by atoms with van der Waals surface area (Å²) >= 11 is 0. The lowest BCUT2D eigenvalue weighted by molar-refractivity contribution is -0.147. The number of rotatable bonds is 7. The third-order valence-electron chi connectivity index (χ3n) is 4.75. The number of para-hydroxylation sites is 1. The van der Waals surface area contributed by atoms with E-state index in [0.29, 0.717) is 5.75 Å². The lowest BCUT2D eigenvalue weighted by Gasteiger charge is -2.09. The number of esters is 1. The van der Waals surface area contributed by atoms with Crippen molar-refractivity contribution in [2.24, 2.45) is 22.4 Å². The fourth-order valence-corrected chi connectivity index (χ4v) is 3.10. The molecule has 1 saturated carbocycles. The van der Waals surface area contributed by atoms with E-state index >= 15 is 0 Å². The van der Waals surface area contributed by atoms with Crippen molar-refractivity contribution in [1.82, 2.24) is 0 Å². The summed E-state index contributed by atoms with van der Waals surface area (Å²) in [5, 5.41) is 3.78. The number of oxime groups is 1. The Morgan fingerprint density at radius 2 is 1.85 bits per heavy atom. The maximum Gasteiger partial charge on any atom is 0.310 e. The molecule has 0 saturated heterocycles. The fraction of sp³-hybridized carbons (Fsp3) is 0.333. The van der Waals surface area contributed by atoms with Crippen molar-refractivity contribution in [3.05, 3.63) is 60.2 Å². The van der Waals surface area contributed by atoms with Crippen LogP contribution in [0, 0.1) is 17.3 Å². The minimum absolute atomic E-state index is 0.0442. The highest BCUT2D eigenvalue weighted by Crippen LogP contribution is 2.57. The average molecular weight is 353 g/mol. The molecule has 1 aliphatic rings. The number of carbonyl (C=O) groups is 1. The van der Waals surface area contributed by atoms with E-state index < -0.39 is 0 Å². The van der Waals surface area contributed by atoms with Gasteiger partial charge in [-0.25, -0.2) is 0 Å². The molecule has 0 N–H and O–H groups in total. The summed E-state index contributed by atoms with van der Waals surface area (Å²) in [6, 6.07) is 17.1. The van der Waals surface area contributed by atoms with E-state index in [1.807, 2.05) is 68.4 Å². The van der Waals surface area contributed by atoms with Crippen molar-refractivity contribution >= 4 is 12.2 Å². The van der Waals surface area contributed by atoms with Gasteiger partial charge in [-0.2, -0.15) is 0 Å². The van der Waals surface area contributed by atoms with E-state index in [1.165, 1.54) is 7.11 Å². The third kappa shape index (κ3) is 4.04. The molecule has 2 aromatic carbocycles. The van der Waals surface area contributed by atoms with Crippen molar-refractivity contribution in [1.29, 1.82) is 0 Å². The molecular weight excluding hydrogens is 330 g/mol. The summed E-state index contributed by atoms with van der Waals surface area (Å²) in [6.07, 6.45) is 1.68. The molecule has 0 amide bonds. The average Bonchev–Trinajstić information content (AvgIpc) is 3.19. The van der Waals surface area contributed by atoms with Gasteiger partial charge in [0.2, 0.25) is 0 Å². The molecule has 1 fully saturated rings. The molecule has 5 nitrogen and oxygen atoms in total. The topological polar surface area (TPSA) is 57.1 Å². The lowest BCUT2D eigenvalue weighted by atomic mass is 10.1. The van der Waals surface area contributed by atoms with Crippen LogP contribution in [0.3, 0.4) is 0 Å². The van der Waals surface area contributed by atoms with Crippen molar-refractivity contribution < 1.29 is 19.1 Å². The minimum atomic E-state index is -0.211. The van der Waals surface area contributed by atoms with Crippen LogP contribution in [0.15, 0.2) is 59.8 Å². The van der Waals surface area contributed by atoms with Crippen molar-refractivity contribution in [3.8, 4) is 11.5 Å². The quantitative estimate of drug-likeness (QED) is 0.420. The highest BCUT2D eigenvalue weighted by Gasteiger charge is 2.62. The predicted octanol–water partition coefficient (Wildman–Crippen LogP) is 4.43. The van der Waals surface area contributed by atoms with Gasteiger partial charge in [0, 0.05) is 12.1 Å². The van der Waals surface area contributed by atoms with Gasteiger partial charge in [-0.05, 0) is 35.2 Å². The zero-order chi connectivity index (χ0) is 18.6. The molecule has 2 unspecified atom stereocenters. The highest BCUT2D eigenvalue weighted by molar-refractivity contribution is 5.85. The molecule has 0 bridgehead atoms. The number of hydrogen-bond donors (Lipinski definition) is 0. The van der Waals surface area contributed by atoms with Crippen molar-refractivity contribution in [2.75, 3.05) is 7.11 Å². The molecule has 0 aliphatic heterocycles. The Morgan fingerprint density at radius 1 is 1.12 bits per heavy atom. The number of benzene rings is 2. The summed E-state index contributed by atoms with van der Waals surface area (Å²) in [5.41, 5.74) is 0.726. The second kappa shape index (κ2) is 7.60. The predicted molar refractivity (Wildman–Crippen MR) is 99.0 cm³/mol. The maximum absolute atomic E-state index is 12.4. The molecule has 0 spiro atoms. The number of nitrogens with zero attached hydrogens (tertiary/aromatic N) is 1. The number of hydrogen-bond acceptors (Lipinski definition) is 5. The van der Waals surface area contributed by atoms with Gasteiger partial charge in [-0.1, -0.05) is 49.3 Å². The van der Waals surface area contributed by atoms with Gasteiger partial charge in [0.25, 0.3) is 0 Å². The van der Waals surface area contributed by atoms with Crippen LogP contribution >= 0.6 is 0 Å². The molecule has 2 atom stereocenters. The zero-order valence-electron chi connectivity index (χ0n) is 15.2. The monoisotopic (exact) mass is 353 g/mol. The second-order valence-electron chi connectivity index (χ2n) is 6.93. The van der Waals surface area contributed by atoms with Crippen LogP contribution in [-0.2, 0) is 21.0 Å². The standard InChI is InChI=1S/C21H23NO4/c1-21(2)18(13-22-24-3)19(21)20(23)25-14-15-8-7-11-17(12-15)26-16-9-5-4-6-10-16/h4-13,18-19H,14H2,1-3H3/b22-13+. The maximum atomic E-state index is 12.4. The Labute approximate surface area is 153 Å². The Kier molecular flexibility index (Phi) is 5.26. The van der Waals surface area contributed by atoms with E-state index in [4.69, 9.17) is 14.3 Å². The molecule has 5 heteroatoms. The molecule has 0 heterocycles. The van der Waals surface area contributed by atoms with Gasteiger partial charge in [-0.3, -0.25) is 4.79 Å². The zero-order valence-corrected chi connectivity index (χ0v) is 15.2. The Morgan fingerprint density at radius 3 is 2.58 bits per heavy atom. The van der Waals surface area contributed by atoms with E-state index in [1.54, 1.807) is 6.21 Å². The Hall–Kier alpha value is -2.82. The van der Waals surface area contributed by atoms with Crippen LogP contribution in [0.1, 0.15) is 19.4 Å². The molecule has 26 heavy (non-hydrogen) atoms. The second-order valence-corrected chi connectivity index (χ2v) is 6.93. The first-order valence-electron chi connectivity index (χ1n) is 8.57. The molecule has 1 aliphatic carbocycles. The van der Waals surface area contributed by atoms with Gasteiger partial charge in [0.15, 0.2) is 0 Å².